The molecular weight excluding hydrogens is 515 g/mol. The van der Waals surface area contributed by atoms with Crippen LogP contribution in [0.5, 0.6) is 0 Å². The molecule has 180 valence electrons. The van der Waals surface area contributed by atoms with E-state index in [1.54, 1.807) is 27.5 Å². The van der Waals surface area contributed by atoms with Crippen molar-refractivity contribution in [1.82, 2.24) is 18.8 Å². The van der Waals surface area contributed by atoms with Crippen LogP contribution in [0, 0.1) is 11.6 Å². The lowest BCUT2D eigenvalue weighted by Gasteiger charge is -2.17. The fourth-order valence-corrected chi connectivity index (χ4v) is 4.28. The van der Waals surface area contributed by atoms with Gasteiger partial charge in [-0.2, -0.15) is 0 Å². The zero-order valence-corrected chi connectivity index (χ0v) is 21.3. The number of imidazole rings is 2. The van der Waals surface area contributed by atoms with E-state index >= 15 is 0 Å². The van der Waals surface area contributed by atoms with Gasteiger partial charge in [-0.25, -0.2) is 18.7 Å². The Morgan fingerprint density at radius 1 is 0.970 bits per heavy atom. The number of fused-ring (bicyclic) bond motifs is 2. The van der Waals surface area contributed by atoms with Gasteiger partial charge in [0.1, 0.15) is 11.0 Å². The molecule has 0 bridgehead atoms. The second-order valence-electron chi connectivity index (χ2n) is 7.97. The molecule has 0 amide bonds. The smallest absolute Gasteiger partial charge is 0.167 e. The van der Waals surface area contributed by atoms with Crippen LogP contribution in [0.2, 0.25) is 10.0 Å². The van der Waals surface area contributed by atoms with Crippen molar-refractivity contribution in [3.63, 3.8) is 0 Å². The quantitative estimate of drug-likeness (QED) is 0.386. The maximum atomic E-state index is 14.0. The minimum absolute atomic E-state index is 0. The normalized spacial score (nSPS) is 12.4. The van der Waals surface area contributed by atoms with Gasteiger partial charge < -0.3 is 14.5 Å². The molecule has 0 aromatic carbocycles. The second kappa shape index (κ2) is 11.1. The first kappa shape index (κ1) is 27.5. The molecule has 2 N–H and O–H groups in total. The number of halogens is 5. The molecule has 0 aliphatic rings. The van der Waals surface area contributed by atoms with Gasteiger partial charge in [-0.3, -0.25) is 4.21 Å². The fraction of sp³-hybridized carbons (Fsp3) is 0.333. The van der Waals surface area contributed by atoms with Crippen LogP contribution in [-0.4, -0.2) is 33.5 Å². The standard InChI is InChI=1S/C13H16ClFN2OS.C8H7ClFN3.ClH/c1-13(2,3)19(18)7-5-10-12-11(15)9(14)4-6-17(12)8-16-10;9-5-1-2-13-4-12-6(3-11)8(13)7(5)10;/h4,6,8H,5,7H2,1-3H3;1-2,4H,3,11H2;1H. The molecule has 0 saturated heterocycles. The first-order valence-electron chi connectivity index (χ1n) is 9.72. The van der Waals surface area contributed by atoms with Crippen molar-refractivity contribution < 1.29 is 13.0 Å². The van der Waals surface area contributed by atoms with Crippen LogP contribution in [0.4, 0.5) is 8.78 Å². The monoisotopic (exact) mass is 537 g/mol. The van der Waals surface area contributed by atoms with Crippen LogP contribution >= 0.6 is 35.6 Å². The summed E-state index contributed by atoms with van der Waals surface area (Å²) in [5, 5.41) is 0.161. The van der Waals surface area contributed by atoms with Crippen molar-refractivity contribution in [3.8, 4) is 0 Å². The van der Waals surface area contributed by atoms with Crippen LogP contribution in [0.25, 0.3) is 11.0 Å². The van der Waals surface area contributed by atoms with Crippen LogP contribution in [0.1, 0.15) is 32.2 Å². The Morgan fingerprint density at radius 2 is 1.42 bits per heavy atom. The van der Waals surface area contributed by atoms with Crippen molar-refractivity contribution in [2.24, 2.45) is 5.73 Å². The molecule has 0 fully saturated rings. The summed E-state index contributed by atoms with van der Waals surface area (Å²) in [6, 6.07) is 2.97. The molecule has 0 saturated carbocycles. The summed E-state index contributed by atoms with van der Waals surface area (Å²) in [7, 11) is -0.982. The maximum Gasteiger partial charge on any atom is 0.167 e. The van der Waals surface area contributed by atoms with Crippen molar-refractivity contribution in [1.29, 1.82) is 0 Å². The molecular formula is C21H24Cl3F2N5OS. The maximum absolute atomic E-state index is 14.0. The van der Waals surface area contributed by atoms with Crippen molar-refractivity contribution >= 4 is 57.4 Å². The second-order valence-corrected chi connectivity index (χ2v) is 11.1. The molecule has 0 spiro atoms. The lowest BCUT2D eigenvalue weighted by atomic mass is 10.2. The Hall–Kier alpha value is -1.78. The lowest BCUT2D eigenvalue weighted by molar-refractivity contribution is 0.632. The van der Waals surface area contributed by atoms with Crippen LogP contribution < -0.4 is 5.73 Å². The number of hydrogen-bond donors (Lipinski definition) is 1. The van der Waals surface area contributed by atoms with E-state index in [1.807, 2.05) is 20.8 Å². The van der Waals surface area contributed by atoms with Gasteiger partial charge in [-0.05, 0) is 32.9 Å². The van der Waals surface area contributed by atoms with E-state index in [9.17, 15) is 13.0 Å². The molecule has 1 unspecified atom stereocenters. The topological polar surface area (TPSA) is 77.7 Å². The minimum atomic E-state index is -0.982. The highest BCUT2D eigenvalue weighted by Gasteiger charge is 2.20. The number of aromatic nitrogens is 4. The van der Waals surface area contributed by atoms with Crippen molar-refractivity contribution in [2.45, 2.75) is 38.5 Å². The molecule has 0 aliphatic heterocycles. The highest BCUT2D eigenvalue weighted by Crippen LogP contribution is 2.23. The predicted octanol–water partition coefficient (Wildman–Crippen LogP) is 5.22. The van der Waals surface area contributed by atoms with Gasteiger partial charge in [0.2, 0.25) is 0 Å². The Kier molecular flexibility index (Phi) is 9.24. The summed E-state index contributed by atoms with van der Waals surface area (Å²) < 4.78 is 42.3. The number of hydrogen-bond acceptors (Lipinski definition) is 4. The molecule has 4 aromatic heterocycles. The summed E-state index contributed by atoms with van der Waals surface area (Å²) in [6.07, 6.45) is 6.84. The van der Waals surface area contributed by atoms with Crippen LogP contribution in [0.3, 0.4) is 0 Å². The van der Waals surface area contributed by atoms with Crippen molar-refractivity contribution in [2.75, 3.05) is 5.75 Å². The Labute approximate surface area is 209 Å². The van der Waals surface area contributed by atoms with Gasteiger partial charge in [-0.1, -0.05) is 23.2 Å². The number of nitrogens with two attached hydrogens (primary N) is 1. The first-order valence-corrected chi connectivity index (χ1v) is 11.8. The van der Waals surface area contributed by atoms with E-state index in [4.69, 9.17) is 28.9 Å². The van der Waals surface area contributed by atoms with E-state index in [1.165, 1.54) is 18.5 Å². The third-order valence-electron chi connectivity index (χ3n) is 4.74. The number of pyridine rings is 2. The van der Waals surface area contributed by atoms with Gasteiger partial charge in [0.15, 0.2) is 11.6 Å². The summed E-state index contributed by atoms with van der Waals surface area (Å²) in [5.74, 6) is -0.484. The summed E-state index contributed by atoms with van der Waals surface area (Å²) >= 11 is 11.4. The van der Waals surface area contributed by atoms with Gasteiger partial charge in [-0.15, -0.1) is 12.4 Å². The lowest BCUT2D eigenvalue weighted by Crippen LogP contribution is -2.24. The summed E-state index contributed by atoms with van der Waals surface area (Å²) in [5.41, 5.74) is 7.23. The van der Waals surface area contributed by atoms with Gasteiger partial charge in [0.05, 0.1) is 34.1 Å². The molecule has 1 atom stereocenters. The molecule has 12 heteroatoms. The number of aryl methyl sites for hydroxylation is 1. The molecule has 0 radical (unpaired) electrons. The van der Waals surface area contributed by atoms with E-state index in [0.29, 0.717) is 34.6 Å². The molecule has 0 aliphatic carbocycles. The minimum Gasteiger partial charge on any atom is -0.325 e. The number of rotatable bonds is 4. The zero-order valence-electron chi connectivity index (χ0n) is 18.2. The average molecular weight is 539 g/mol. The molecule has 6 nitrogen and oxygen atoms in total. The van der Waals surface area contributed by atoms with E-state index < -0.39 is 22.4 Å². The molecule has 4 aromatic rings. The zero-order chi connectivity index (χ0) is 23.6. The van der Waals surface area contributed by atoms with Crippen LogP contribution in [0.15, 0.2) is 37.2 Å². The SMILES string of the molecule is CC(C)(C)S(=O)CCc1ncn2ccc(Cl)c(F)c12.Cl.NCc1ncn2ccc(Cl)c(F)c12. The van der Waals surface area contributed by atoms with E-state index in [0.717, 1.165) is 0 Å². The van der Waals surface area contributed by atoms with Crippen LogP contribution in [-0.2, 0) is 23.8 Å². The van der Waals surface area contributed by atoms with Gasteiger partial charge >= 0.3 is 0 Å². The predicted molar refractivity (Wildman–Crippen MR) is 132 cm³/mol. The van der Waals surface area contributed by atoms with E-state index in [-0.39, 0.29) is 33.7 Å². The molecule has 33 heavy (non-hydrogen) atoms. The first-order chi connectivity index (χ1) is 15.0. The van der Waals surface area contributed by atoms with Gasteiger partial charge in [0.25, 0.3) is 0 Å². The summed E-state index contributed by atoms with van der Waals surface area (Å²) in [6.45, 7) is 5.97. The molecule has 4 rings (SSSR count). The highest BCUT2D eigenvalue weighted by atomic mass is 35.5. The Balaban J connectivity index is 0.000000241. The largest absolute Gasteiger partial charge is 0.325 e. The Morgan fingerprint density at radius 3 is 1.88 bits per heavy atom. The summed E-state index contributed by atoms with van der Waals surface area (Å²) in [4.78, 5) is 8.14. The van der Waals surface area contributed by atoms with Gasteiger partial charge in [0, 0.05) is 46.7 Å². The number of nitrogens with zero attached hydrogens (tertiary/aromatic N) is 4. The third-order valence-corrected chi connectivity index (χ3v) is 7.26. The van der Waals surface area contributed by atoms with Crippen molar-refractivity contribution in [3.05, 3.63) is 70.2 Å². The third kappa shape index (κ3) is 6.02. The highest BCUT2D eigenvalue weighted by molar-refractivity contribution is 7.86. The van der Waals surface area contributed by atoms with E-state index in [2.05, 4.69) is 9.97 Å². The fourth-order valence-electron chi connectivity index (χ4n) is 3.00. The Bertz CT molecular complexity index is 1290. The average Bonchev–Trinajstić information content (AvgIpc) is 3.36. The molecule has 4 heterocycles.